The largest absolute Gasteiger partial charge is 0.371 e. The van der Waals surface area contributed by atoms with Crippen LogP contribution < -0.4 is 10.5 Å². The van der Waals surface area contributed by atoms with Crippen molar-refractivity contribution >= 4 is 22.5 Å². The molecule has 1 N–H and O–H groups in total. The fraction of sp³-hybridized carbons (Fsp3) is 0.304. The summed E-state index contributed by atoms with van der Waals surface area (Å²) >= 11 is 0. The minimum absolute atomic E-state index is 0.177. The summed E-state index contributed by atoms with van der Waals surface area (Å²) in [6, 6.07) is 17.4. The number of hydrogen-bond donors (Lipinski definition) is 1. The van der Waals surface area contributed by atoms with Crippen LogP contribution in [-0.4, -0.2) is 35.9 Å². The Labute approximate surface area is 164 Å². The molecule has 0 bridgehead atoms. The van der Waals surface area contributed by atoms with E-state index in [4.69, 9.17) is 0 Å². The first-order valence-corrected chi connectivity index (χ1v) is 9.84. The van der Waals surface area contributed by atoms with Gasteiger partial charge in [-0.25, -0.2) is 0 Å². The molecule has 1 aromatic heterocycles. The minimum atomic E-state index is -0.347. The highest BCUT2D eigenvalue weighted by Crippen LogP contribution is 2.25. The molecular formula is C23H25N3O2. The van der Waals surface area contributed by atoms with Gasteiger partial charge in [-0.05, 0) is 48.4 Å². The van der Waals surface area contributed by atoms with Crippen molar-refractivity contribution in [1.29, 1.82) is 0 Å². The van der Waals surface area contributed by atoms with Gasteiger partial charge in [0.1, 0.15) is 5.56 Å². The first kappa shape index (κ1) is 18.3. The number of rotatable bonds is 4. The number of pyridine rings is 1. The number of aromatic amines is 1. The molecule has 1 fully saturated rings. The fourth-order valence-corrected chi connectivity index (χ4v) is 3.93. The zero-order valence-corrected chi connectivity index (χ0v) is 16.1. The Hall–Kier alpha value is -3.08. The van der Waals surface area contributed by atoms with Crippen molar-refractivity contribution in [2.45, 2.75) is 25.8 Å². The predicted molar refractivity (Wildman–Crippen MR) is 113 cm³/mol. The summed E-state index contributed by atoms with van der Waals surface area (Å²) in [5.74, 6) is -0.263. The maximum Gasteiger partial charge on any atom is 0.261 e. The van der Waals surface area contributed by atoms with E-state index in [0.717, 1.165) is 29.6 Å². The maximum atomic E-state index is 13.0. The number of amides is 1. The summed E-state index contributed by atoms with van der Waals surface area (Å²) in [6.45, 7) is 2.58. The number of nitrogens with zero attached hydrogens (tertiary/aromatic N) is 2. The van der Waals surface area contributed by atoms with Gasteiger partial charge in [-0.1, -0.05) is 36.4 Å². The van der Waals surface area contributed by atoms with Crippen LogP contribution in [0.15, 0.2) is 59.4 Å². The lowest BCUT2D eigenvalue weighted by atomic mass is 10.1. The second kappa shape index (κ2) is 7.89. The Balaban J connectivity index is 1.59. The average Bonchev–Trinajstić information content (AvgIpc) is 2.73. The van der Waals surface area contributed by atoms with Crippen LogP contribution in [0, 0.1) is 0 Å². The van der Waals surface area contributed by atoms with Crippen LogP contribution in [0.1, 0.15) is 35.2 Å². The van der Waals surface area contributed by atoms with E-state index < -0.39 is 0 Å². The second-order valence-electron chi connectivity index (χ2n) is 7.44. The Bertz CT molecular complexity index is 1050. The fourth-order valence-electron chi connectivity index (χ4n) is 3.93. The lowest BCUT2D eigenvalue weighted by molar-refractivity contribution is 0.0783. The van der Waals surface area contributed by atoms with Gasteiger partial charge in [0.2, 0.25) is 0 Å². The highest BCUT2D eigenvalue weighted by molar-refractivity contribution is 5.97. The lowest BCUT2D eigenvalue weighted by Gasteiger charge is -2.31. The van der Waals surface area contributed by atoms with Crippen LogP contribution in [0.5, 0.6) is 0 Å². The van der Waals surface area contributed by atoms with Crippen molar-refractivity contribution < 1.29 is 4.79 Å². The van der Waals surface area contributed by atoms with E-state index in [9.17, 15) is 9.59 Å². The minimum Gasteiger partial charge on any atom is -0.371 e. The first-order valence-electron chi connectivity index (χ1n) is 9.84. The van der Waals surface area contributed by atoms with Crippen LogP contribution in [0.3, 0.4) is 0 Å². The van der Waals surface area contributed by atoms with Gasteiger partial charge in [0.25, 0.3) is 11.5 Å². The highest BCUT2D eigenvalue weighted by atomic mass is 16.2. The molecule has 0 saturated carbocycles. The molecule has 1 amide bonds. The van der Waals surface area contributed by atoms with Crippen molar-refractivity contribution in [2.75, 3.05) is 25.0 Å². The summed E-state index contributed by atoms with van der Waals surface area (Å²) in [5.41, 5.74) is 2.87. The normalized spacial score (nSPS) is 14.2. The molecule has 144 valence electrons. The summed E-state index contributed by atoms with van der Waals surface area (Å²) in [5, 5.41) is 0.854. The van der Waals surface area contributed by atoms with Crippen molar-refractivity contribution in [1.82, 2.24) is 9.88 Å². The van der Waals surface area contributed by atoms with Gasteiger partial charge >= 0.3 is 0 Å². The molecule has 2 heterocycles. The number of benzene rings is 2. The number of para-hydroxylation sites is 2. The Morgan fingerprint density at radius 3 is 2.57 bits per heavy atom. The Morgan fingerprint density at radius 1 is 1.04 bits per heavy atom. The van der Waals surface area contributed by atoms with Gasteiger partial charge < -0.3 is 14.8 Å². The van der Waals surface area contributed by atoms with Crippen LogP contribution >= 0.6 is 0 Å². The van der Waals surface area contributed by atoms with Crippen molar-refractivity contribution in [2.24, 2.45) is 0 Å². The molecule has 0 unspecified atom stereocenters. The zero-order chi connectivity index (χ0) is 19.5. The molecule has 2 aromatic carbocycles. The maximum absolute atomic E-state index is 13.0. The standard InChI is InChI=1S/C23H25N3O2/c1-25(16-18-10-4-6-12-21(18)26-13-7-2-8-14-26)23(28)19-15-17-9-3-5-11-20(17)24-22(19)27/h3-6,9-12,15H,2,7-8,13-14,16H2,1H3,(H,24,27). The number of nitrogens with one attached hydrogen (secondary N) is 1. The molecular weight excluding hydrogens is 350 g/mol. The number of carbonyl (C=O) groups is 1. The molecule has 1 aliphatic rings. The lowest BCUT2D eigenvalue weighted by Crippen LogP contribution is -2.33. The van der Waals surface area contributed by atoms with Crippen LogP contribution in [0.25, 0.3) is 10.9 Å². The summed E-state index contributed by atoms with van der Waals surface area (Å²) in [7, 11) is 1.75. The number of piperidine rings is 1. The summed E-state index contributed by atoms with van der Waals surface area (Å²) < 4.78 is 0. The molecule has 28 heavy (non-hydrogen) atoms. The topological polar surface area (TPSA) is 56.4 Å². The number of hydrogen-bond acceptors (Lipinski definition) is 3. The highest BCUT2D eigenvalue weighted by Gasteiger charge is 2.19. The van der Waals surface area contributed by atoms with Crippen molar-refractivity contribution in [3.05, 3.63) is 76.1 Å². The molecule has 1 saturated heterocycles. The van der Waals surface area contributed by atoms with E-state index >= 15 is 0 Å². The van der Waals surface area contributed by atoms with Gasteiger partial charge in [0.05, 0.1) is 0 Å². The number of fused-ring (bicyclic) bond motifs is 1. The summed E-state index contributed by atoms with van der Waals surface area (Å²) in [4.78, 5) is 32.3. The SMILES string of the molecule is CN(Cc1ccccc1N1CCCCC1)C(=O)c1cc2ccccc2[nH]c1=O. The Morgan fingerprint density at radius 2 is 1.75 bits per heavy atom. The molecule has 1 aliphatic heterocycles. The molecule has 4 rings (SSSR count). The third-order valence-corrected chi connectivity index (χ3v) is 5.43. The smallest absolute Gasteiger partial charge is 0.261 e. The molecule has 3 aromatic rings. The average molecular weight is 375 g/mol. The van der Waals surface area contributed by atoms with E-state index in [-0.39, 0.29) is 17.0 Å². The second-order valence-corrected chi connectivity index (χ2v) is 7.44. The number of aromatic nitrogens is 1. The Kier molecular flexibility index (Phi) is 5.15. The van der Waals surface area contributed by atoms with Crippen molar-refractivity contribution in [3.8, 4) is 0 Å². The van der Waals surface area contributed by atoms with Crippen LogP contribution in [-0.2, 0) is 6.54 Å². The third kappa shape index (κ3) is 3.65. The molecule has 5 heteroatoms. The van der Waals surface area contributed by atoms with Gasteiger partial charge in [-0.2, -0.15) is 0 Å². The number of carbonyl (C=O) groups excluding carboxylic acids is 1. The van der Waals surface area contributed by atoms with Gasteiger partial charge in [0, 0.05) is 37.9 Å². The molecule has 0 radical (unpaired) electrons. The number of H-pyrrole nitrogens is 1. The zero-order valence-electron chi connectivity index (χ0n) is 16.1. The van der Waals surface area contributed by atoms with E-state index in [2.05, 4.69) is 22.0 Å². The molecule has 5 nitrogen and oxygen atoms in total. The molecule has 0 spiro atoms. The van der Waals surface area contributed by atoms with Crippen LogP contribution in [0.2, 0.25) is 0 Å². The van der Waals surface area contributed by atoms with E-state index in [1.807, 2.05) is 36.4 Å². The van der Waals surface area contributed by atoms with Gasteiger partial charge in [-0.15, -0.1) is 0 Å². The molecule has 0 aliphatic carbocycles. The van der Waals surface area contributed by atoms with E-state index in [1.165, 1.54) is 24.9 Å². The quantitative estimate of drug-likeness (QED) is 0.755. The van der Waals surface area contributed by atoms with E-state index in [1.54, 1.807) is 18.0 Å². The number of anilines is 1. The van der Waals surface area contributed by atoms with Gasteiger partial charge in [0.15, 0.2) is 0 Å². The predicted octanol–water partition coefficient (Wildman–Crippen LogP) is 3.79. The van der Waals surface area contributed by atoms with Crippen LogP contribution in [0.4, 0.5) is 5.69 Å². The third-order valence-electron chi connectivity index (χ3n) is 5.43. The van der Waals surface area contributed by atoms with Gasteiger partial charge in [-0.3, -0.25) is 9.59 Å². The monoisotopic (exact) mass is 375 g/mol. The van der Waals surface area contributed by atoms with Crippen molar-refractivity contribution in [3.63, 3.8) is 0 Å². The molecule has 0 atom stereocenters. The summed E-state index contributed by atoms with van der Waals surface area (Å²) in [6.07, 6.45) is 3.69. The first-order chi connectivity index (χ1) is 13.6. The van der Waals surface area contributed by atoms with E-state index in [0.29, 0.717) is 6.54 Å².